The minimum absolute atomic E-state index is 0.193. The summed E-state index contributed by atoms with van der Waals surface area (Å²) in [4.78, 5) is 2.75. The minimum atomic E-state index is 0.193. The maximum atomic E-state index is 9.84. The van der Waals surface area contributed by atoms with E-state index in [2.05, 4.69) is 34.6 Å². The van der Waals surface area contributed by atoms with Crippen molar-refractivity contribution in [1.82, 2.24) is 10.2 Å². The molecule has 2 aliphatic heterocycles. The Labute approximate surface area is 138 Å². The molecule has 2 heterocycles. The van der Waals surface area contributed by atoms with E-state index in [1.165, 1.54) is 44.9 Å². The molecule has 4 aliphatic rings. The molecule has 1 N–H and O–H groups in total. The fourth-order valence-electron chi connectivity index (χ4n) is 5.63. The normalized spacial score (nSPS) is 47.3. The van der Waals surface area contributed by atoms with Crippen LogP contribution >= 0.6 is 11.8 Å². The zero-order chi connectivity index (χ0) is 15.1. The van der Waals surface area contributed by atoms with Crippen LogP contribution in [0.4, 0.5) is 0 Å². The van der Waals surface area contributed by atoms with Crippen LogP contribution in [0.3, 0.4) is 0 Å². The molecule has 0 spiro atoms. The molecule has 0 aromatic carbocycles. The lowest BCUT2D eigenvalue weighted by molar-refractivity contribution is 0.0187. The van der Waals surface area contributed by atoms with Crippen LogP contribution in [0.25, 0.3) is 0 Å². The second kappa shape index (κ2) is 6.19. The van der Waals surface area contributed by atoms with Gasteiger partial charge < -0.3 is 0 Å². The van der Waals surface area contributed by atoms with Gasteiger partial charge in [0.2, 0.25) is 0 Å². The van der Waals surface area contributed by atoms with E-state index < -0.39 is 0 Å². The van der Waals surface area contributed by atoms with Crippen LogP contribution in [0.15, 0.2) is 12.7 Å². The molecule has 4 heteroatoms. The minimum Gasteiger partial charge on any atom is -0.296 e. The van der Waals surface area contributed by atoms with Crippen molar-refractivity contribution in [2.75, 3.05) is 5.75 Å². The van der Waals surface area contributed by atoms with Gasteiger partial charge in [0, 0.05) is 17.8 Å². The molecular formula is C18H27N3S. The number of hydrogen-bond donors (Lipinski definition) is 1. The van der Waals surface area contributed by atoms with Crippen molar-refractivity contribution < 1.29 is 0 Å². The number of nitriles is 1. The van der Waals surface area contributed by atoms with Crippen LogP contribution in [0.2, 0.25) is 0 Å². The third kappa shape index (κ3) is 2.25. The summed E-state index contributed by atoms with van der Waals surface area (Å²) in [7, 11) is 0. The summed E-state index contributed by atoms with van der Waals surface area (Å²) in [5, 5.41) is 14.3. The number of piperidine rings is 1. The van der Waals surface area contributed by atoms with Crippen LogP contribution in [0.5, 0.6) is 0 Å². The molecule has 4 fully saturated rings. The number of thioether (sulfide) groups is 1. The van der Waals surface area contributed by atoms with E-state index in [0.717, 1.165) is 5.75 Å². The highest BCUT2D eigenvalue weighted by Crippen LogP contribution is 2.52. The lowest BCUT2D eigenvalue weighted by Crippen LogP contribution is -2.58. The lowest BCUT2D eigenvalue weighted by Gasteiger charge is -2.49. The van der Waals surface area contributed by atoms with Gasteiger partial charge >= 0.3 is 0 Å². The van der Waals surface area contributed by atoms with Gasteiger partial charge in [0.05, 0.1) is 23.5 Å². The summed E-state index contributed by atoms with van der Waals surface area (Å²) < 4.78 is 0. The van der Waals surface area contributed by atoms with E-state index in [4.69, 9.17) is 0 Å². The molecule has 2 aliphatic carbocycles. The van der Waals surface area contributed by atoms with Crippen molar-refractivity contribution in [2.24, 2.45) is 17.8 Å². The number of rotatable bonds is 3. The molecule has 22 heavy (non-hydrogen) atoms. The number of nitrogens with one attached hydrogen (secondary N) is 1. The molecule has 0 aromatic rings. The van der Waals surface area contributed by atoms with E-state index >= 15 is 0 Å². The Balaban J connectivity index is 1.67. The first-order chi connectivity index (χ1) is 10.8. The molecule has 3 nitrogen and oxygen atoms in total. The molecule has 2 saturated carbocycles. The van der Waals surface area contributed by atoms with Crippen LogP contribution in [-0.2, 0) is 0 Å². The Morgan fingerprint density at radius 3 is 2.82 bits per heavy atom. The highest BCUT2D eigenvalue weighted by molar-refractivity contribution is 8.00. The SMILES string of the molecule is C=CCSC1C2CCCC2C(C#N)C2NC3CCCCC3N21. The Bertz CT molecular complexity index is 473. The topological polar surface area (TPSA) is 39.1 Å². The van der Waals surface area contributed by atoms with Crippen molar-refractivity contribution in [3.8, 4) is 6.07 Å². The monoisotopic (exact) mass is 317 g/mol. The molecule has 0 aromatic heterocycles. The Kier molecular flexibility index (Phi) is 4.23. The van der Waals surface area contributed by atoms with Crippen molar-refractivity contribution in [3.05, 3.63) is 12.7 Å². The second-order valence-corrected chi connectivity index (χ2v) is 8.59. The molecule has 0 amide bonds. The third-order valence-electron chi connectivity index (χ3n) is 6.44. The Hall–Kier alpha value is -0.500. The first-order valence-corrected chi connectivity index (χ1v) is 10.1. The van der Waals surface area contributed by atoms with Gasteiger partial charge in [-0.3, -0.25) is 10.2 Å². The van der Waals surface area contributed by atoms with Gasteiger partial charge in [0.1, 0.15) is 0 Å². The zero-order valence-electron chi connectivity index (χ0n) is 13.3. The van der Waals surface area contributed by atoms with E-state index in [0.29, 0.717) is 35.5 Å². The maximum absolute atomic E-state index is 9.84. The number of hydrogen-bond acceptors (Lipinski definition) is 4. The average molecular weight is 318 g/mol. The molecule has 7 unspecified atom stereocenters. The molecule has 4 rings (SSSR count). The molecule has 2 saturated heterocycles. The molecule has 7 atom stereocenters. The van der Waals surface area contributed by atoms with Crippen molar-refractivity contribution in [1.29, 1.82) is 5.26 Å². The summed E-state index contributed by atoms with van der Waals surface area (Å²) in [6.07, 6.45) is 11.6. The summed E-state index contributed by atoms with van der Waals surface area (Å²) in [5.41, 5.74) is 0. The van der Waals surface area contributed by atoms with E-state index in [-0.39, 0.29) is 5.92 Å². The van der Waals surface area contributed by atoms with Crippen molar-refractivity contribution >= 4 is 11.8 Å². The summed E-state index contributed by atoms with van der Waals surface area (Å²) >= 11 is 2.08. The van der Waals surface area contributed by atoms with Gasteiger partial charge in [0.25, 0.3) is 0 Å². The quantitative estimate of drug-likeness (QED) is 0.810. The highest BCUT2D eigenvalue weighted by atomic mass is 32.2. The summed E-state index contributed by atoms with van der Waals surface area (Å²) in [6.45, 7) is 3.92. The van der Waals surface area contributed by atoms with Gasteiger partial charge in [-0.1, -0.05) is 25.3 Å². The molecular weight excluding hydrogens is 290 g/mol. The average Bonchev–Trinajstić information content (AvgIpc) is 3.16. The number of nitrogens with zero attached hydrogens (tertiary/aromatic N) is 2. The smallest absolute Gasteiger partial charge is 0.0782 e. The Morgan fingerprint density at radius 1 is 1.18 bits per heavy atom. The predicted octanol–water partition coefficient (Wildman–Crippen LogP) is 3.34. The molecule has 120 valence electrons. The van der Waals surface area contributed by atoms with E-state index in [1.807, 2.05) is 6.08 Å². The van der Waals surface area contributed by atoms with Crippen LogP contribution < -0.4 is 5.32 Å². The van der Waals surface area contributed by atoms with Gasteiger partial charge in [0.15, 0.2) is 0 Å². The van der Waals surface area contributed by atoms with Gasteiger partial charge in [-0.05, 0) is 37.5 Å². The van der Waals surface area contributed by atoms with Crippen LogP contribution in [0.1, 0.15) is 44.9 Å². The largest absolute Gasteiger partial charge is 0.296 e. The fourth-order valence-corrected chi connectivity index (χ4v) is 7.00. The summed E-state index contributed by atoms with van der Waals surface area (Å²) in [5.74, 6) is 2.55. The second-order valence-electron chi connectivity index (χ2n) is 7.44. The van der Waals surface area contributed by atoms with Crippen molar-refractivity contribution in [3.63, 3.8) is 0 Å². The van der Waals surface area contributed by atoms with Gasteiger partial charge in [-0.2, -0.15) is 5.26 Å². The first-order valence-electron chi connectivity index (χ1n) is 9.00. The highest BCUT2D eigenvalue weighted by Gasteiger charge is 2.57. The summed E-state index contributed by atoms with van der Waals surface area (Å²) in [6, 6.07) is 3.99. The van der Waals surface area contributed by atoms with Crippen LogP contribution in [0, 0.1) is 29.1 Å². The van der Waals surface area contributed by atoms with Crippen molar-refractivity contribution in [2.45, 2.75) is 68.6 Å². The van der Waals surface area contributed by atoms with Gasteiger partial charge in [-0.15, -0.1) is 18.3 Å². The first kappa shape index (κ1) is 15.1. The Morgan fingerprint density at radius 2 is 2.00 bits per heavy atom. The zero-order valence-corrected chi connectivity index (χ0v) is 14.1. The third-order valence-corrected chi connectivity index (χ3v) is 7.80. The maximum Gasteiger partial charge on any atom is 0.0782 e. The van der Waals surface area contributed by atoms with Gasteiger partial charge in [-0.25, -0.2) is 0 Å². The fraction of sp³-hybridized carbons (Fsp3) is 0.833. The predicted molar refractivity (Wildman–Crippen MR) is 91.2 cm³/mol. The van der Waals surface area contributed by atoms with E-state index in [9.17, 15) is 5.26 Å². The lowest BCUT2D eigenvalue weighted by atomic mass is 9.78. The van der Waals surface area contributed by atoms with Crippen LogP contribution in [-0.4, -0.2) is 34.3 Å². The molecule has 0 radical (unpaired) electrons. The number of fused-ring (bicyclic) bond motifs is 4. The standard InChI is InChI=1S/C18H27N3S/c1-2-10-22-18-13-7-5-6-12(13)14(11-19)17-20-15-8-3-4-9-16(15)21(17)18/h2,12-18,20H,1,3-10H2. The van der Waals surface area contributed by atoms with E-state index in [1.54, 1.807) is 0 Å². The molecule has 0 bridgehead atoms.